The van der Waals surface area contributed by atoms with E-state index in [-0.39, 0.29) is 35.9 Å². The summed E-state index contributed by atoms with van der Waals surface area (Å²) in [4.78, 5) is 35.5. The van der Waals surface area contributed by atoms with Crippen LogP contribution in [0.5, 0.6) is 5.75 Å². The van der Waals surface area contributed by atoms with Crippen LogP contribution in [0.15, 0.2) is 110 Å². The van der Waals surface area contributed by atoms with Gasteiger partial charge in [-0.25, -0.2) is 18.8 Å². The number of hydrogen-bond acceptors (Lipinski definition) is 6. The van der Waals surface area contributed by atoms with E-state index in [0.717, 1.165) is 16.7 Å². The van der Waals surface area contributed by atoms with Crippen LogP contribution >= 0.6 is 0 Å². The quantitative estimate of drug-likeness (QED) is 0.0973. The molecule has 0 heterocycles. The number of allylic oxidation sites excluding steroid dienone is 5. The second-order valence-corrected chi connectivity index (χ2v) is 9.87. The van der Waals surface area contributed by atoms with Gasteiger partial charge >= 0.3 is 17.9 Å². The number of halogens is 1. The van der Waals surface area contributed by atoms with Crippen LogP contribution in [-0.2, 0) is 30.3 Å². The van der Waals surface area contributed by atoms with Crippen molar-refractivity contribution in [1.82, 2.24) is 0 Å². The lowest BCUT2D eigenvalue weighted by molar-refractivity contribution is -0.144. The predicted octanol–water partition coefficient (Wildman–Crippen LogP) is 7.19. The van der Waals surface area contributed by atoms with Crippen molar-refractivity contribution in [2.45, 2.75) is 27.2 Å². The molecule has 0 aromatic heterocycles. The minimum Gasteiger partial charge on any atom is -0.462 e. The van der Waals surface area contributed by atoms with Gasteiger partial charge in [0.2, 0.25) is 0 Å². The highest BCUT2D eigenvalue weighted by Crippen LogP contribution is 2.23. The third-order valence-electron chi connectivity index (χ3n) is 6.02. The maximum atomic E-state index is 13.9. The molecule has 6 nitrogen and oxygen atoms in total. The van der Waals surface area contributed by atoms with Gasteiger partial charge in [-0.2, -0.15) is 0 Å². The molecule has 0 aliphatic heterocycles. The minimum absolute atomic E-state index is 0.0584. The molecule has 0 spiro atoms. The summed E-state index contributed by atoms with van der Waals surface area (Å²) in [6, 6.07) is 14.2. The lowest BCUT2D eigenvalue weighted by Gasteiger charge is -2.18. The summed E-state index contributed by atoms with van der Waals surface area (Å²) < 4.78 is 29.7. The summed E-state index contributed by atoms with van der Waals surface area (Å²) in [6.07, 6.45) is 5.63. The van der Waals surface area contributed by atoms with Crippen molar-refractivity contribution in [3.63, 3.8) is 0 Å². The topological polar surface area (TPSA) is 78.9 Å². The highest BCUT2D eigenvalue weighted by molar-refractivity contribution is 5.89. The van der Waals surface area contributed by atoms with Crippen LogP contribution < -0.4 is 4.74 Å². The van der Waals surface area contributed by atoms with Crippen LogP contribution in [0.25, 0.3) is 11.1 Å². The van der Waals surface area contributed by atoms with Crippen LogP contribution in [0.4, 0.5) is 4.39 Å². The van der Waals surface area contributed by atoms with Crippen molar-refractivity contribution in [3.05, 3.63) is 126 Å². The summed E-state index contributed by atoms with van der Waals surface area (Å²) >= 11 is 0. The molecule has 2 aromatic rings. The predicted molar refractivity (Wildman–Crippen MR) is 164 cm³/mol. The van der Waals surface area contributed by atoms with E-state index in [2.05, 4.69) is 26.3 Å². The van der Waals surface area contributed by atoms with E-state index in [4.69, 9.17) is 14.2 Å². The molecule has 2 rings (SSSR count). The van der Waals surface area contributed by atoms with Crippen molar-refractivity contribution in [2.75, 3.05) is 19.9 Å². The van der Waals surface area contributed by atoms with Gasteiger partial charge in [-0.1, -0.05) is 80.9 Å². The van der Waals surface area contributed by atoms with Crippen LogP contribution in [-0.4, -0.2) is 37.8 Å². The molecule has 0 aliphatic rings. The average Bonchev–Trinajstić information content (AvgIpc) is 2.97. The summed E-state index contributed by atoms with van der Waals surface area (Å²) in [6.45, 7) is 18.7. The molecule has 0 saturated carbocycles. The van der Waals surface area contributed by atoms with E-state index >= 15 is 0 Å². The van der Waals surface area contributed by atoms with Gasteiger partial charge in [-0.05, 0) is 67.2 Å². The van der Waals surface area contributed by atoms with Crippen molar-refractivity contribution in [3.8, 4) is 5.75 Å². The van der Waals surface area contributed by atoms with Crippen LogP contribution in [0.3, 0.4) is 0 Å². The van der Waals surface area contributed by atoms with Gasteiger partial charge in [0.15, 0.2) is 0 Å². The van der Waals surface area contributed by atoms with Gasteiger partial charge in [-0.15, -0.1) is 0 Å². The van der Waals surface area contributed by atoms with Crippen molar-refractivity contribution < 1.29 is 33.0 Å². The number of benzene rings is 2. The SMILES string of the molecule is C=C/C(=C\C=C(/CF)c1ccc(OC(=O)C(=C)C)cc1)c1ccc(CC(COC(=O)C(=C)C)COC(=O)C(=C)C)cc1. The molecule has 0 aliphatic carbocycles. The highest BCUT2D eigenvalue weighted by Gasteiger charge is 2.17. The third kappa shape index (κ3) is 10.7. The second kappa shape index (κ2) is 16.5. The molecule has 2 aromatic carbocycles. The molecule has 7 heteroatoms. The molecular weight excluding hydrogens is 535 g/mol. The standard InChI is InChI=1S/C35H37FO6/c1-8-28(13-14-31(20-36)30-15-17-32(18-16-30)42-35(39)25(6)7)29-11-9-26(10-12-29)19-27(21-40-33(37)23(2)3)22-41-34(38)24(4)5/h8-18,27H,1-2,4,6,19-22H2,3,5,7H3/b28-13+,31-14+. The van der Waals surface area contributed by atoms with Crippen molar-refractivity contribution >= 4 is 29.1 Å². The van der Waals surface area contributed by atoms with Gasteiger partial charge in [0.05, 0.1) is 13.2 Å². The summed E-state index contributed by atoms with van der Waals surface area (Å²) in [7, 11) is 0. The van der Waals surface area contributed by atoms with Gasteiger partial charge in [0.25, 0.3) is 0 Å². The number of esters is 3. The highest BCUT2D eigenvalue weighted by atomic mass is 19.1. The molecule has 0 amide bonds. The maximum Gasteiger partial charge on any atom is 0.338 e. The number of alkyl halides is 1. The Kier molecular flexibility index (Phi) is 13.1. The first-order chi connectivity index (χ1) is 19.9. The first-order valence-electron chi connectivity index (χ1n) is 13.3. The fraction of sp³-hybridized carbons (Fsp3) is 0.229. The first kappa shape index (κ1) is 33.4. The maximum absolute atomic E-state index is 13.9. The number of carbonyl (C=O) groups is 3. The number of rotatable bonds is 15. The molecule has 0 fully saturated rings. The zero-order valence-corrected chi connectivity index (χ0v) is 24.4. The second-order valence-electron chi connectivity index (χ2n) is 9.87. The fourth-order valence-corrected chi connectivity index (χ4v) is 3.59. The van der Waals surface area contributed by atoms with Crippen LogP contribution in [0.2, 0.25) is 0 Å². The Morgan fingerprint density at radius 3 is 1.71 bits per heavy atom. The number of carbonyl (C=O) groups excluding carboxylic acids is 3. The Hall–Kier alpha value is -4.78. The molecule has 0 atom stereocenters. The van der Waals surface area contributed by atoms with E-state index < -0.39 is 24.6 Å². The van der Waals surface area contributed by atoms with E-state index in [1.54, 1.807) is 63.3 Å². The van der Waals surface area contributed by atoms with E-state index in [1.807, 2.05) is 24.3 Å². The summed E-state index contributed by atoms with van der Waals surface area (Å²) in [5.41, 5.74) is 4.53. The smallest absolute Gasteiger partial charge is 0.338 e. The Balaban J connectivity index is 2.18. The monoisotopic (exact) mass is 572 g/mol. The molecule has 0 unspecified atom stereocenters. The zero-order chi connectivity index (χ0) is 31.2. The molecule has 0 radical (unpaired) electrons. The number of ether oxygens (including phenoxy) is 3. The average molecular weight is 573 g/mol. The largest absolute Gasteiger partial charge is 0.462 e. The minimum atomic E-state index is -0.696. The molecule has 42 heavy (non-hydrogen) atoms. The van der Waals surface area contributed by atoms with E-state index in [1.165, 1.54) is 0 Å². The van der Waals surface area contributed by atoms with Gasteiger partial charge in [0.1, 0.15) is 12.4 Å². The Morgan fingerprint density at radius 1 is 0.762 bits per heavy atom. The van der Waals surface area contributed by atoms with Gasteiger partial charge < -0.3 is 14.2 Å². The van der Waals surface area contributed by atoms with E-state index in [0.29, 0.717) is 23.3 Å². The molecule has 0 N–H and O–H groups in total. The normalized spacial score (nSPS) is 11.5. The molecule has 220 valence electrons. The fourth-order valence-electron chi connectivity index (χ4n) is 3.59. The van der Waals surface area contributed by atoms with Crippen LogP contribution in [0.1, 0.15) is 37.5 Å². The van der Waals surface area contributed by atoms with Crippen molar-refractivity contribution in [2.24, 2.45) is 5.92 Å². The summed E-state index contributed by atoms with van der Waals surface area (Å²) in [5.74, 6) is -1.47. The van der Waals surface area contributed by atoms with Gasteiger partial charge in [-0.3, -0.25) is 0 Å². The Morgan fingerprint density at radius 2 is 1.26 bits per heavy atom. The van der Waals surface area contributed by atoms with Gasteiger partial charge in [0, 0.05) is 22.6 Å². The molecule has 0 saturated heterocycles. The number of hydrogen-bond donors (Lipinski definition) is 0. The van der Waals surface area contributed by atoms with Crippen molar-refractivity contribution in [1.29, 1.82) is 0 Å². The molecule has 0 bridgehead atoms. The summed E-state index contributed by atoms with van der Waals surface area (Å²) in [5, 5.41) is 0. The Labute approximate surface area is 247 Å². The lowest BCUT2D eigenvalue weighted by Crippen LogP contribution is -2.23. The van der Waals surface area contributed by atoms with E-state index in [9.17, 15) is 18.8 Å². The van der Waals surface area contributed by atoms with Crippen LogP contribution in [0, 0.1) is 5.92 Å². The first-order valence-corrected chi connectivity index (χ1v) is 13.3. The Bertz CT molecular complexity index is 1360. The lowest BCUT2D eigenvalue weighted by atomic mass is 9.97. The zero-order valence-electron chi connectivity index (χ0n) is 24.4. The third-order valence-corrected chi connectivity index (χ3v) is 6.02. The molecular formula is C35H37FO6.